The van der Waals surface area contributed by atoms with E-state index in [9.17, 15) is 18.0 Å². The number of aromatic amines is 1. The molecular formula is C33H40F4N8O2. The number of hydrogen-bond donors (Lipinski definition) is 6. The first-order valence-electron chi connectivity index (χ1n) is 15.3. The lowest BCUT2D eigenvalue weighted by Crippen LogP contribution is -2.40. The monoisotopic (exact) mass is 656 g/mol. The molecule has 0 aliphatic rings. The van der Waals surface area contributed by atoms with Gasteiger partial charge in [-0.1, -0.05) is 18.2 Å². The highest BCUT2D eigenvalue weighted by Crippen LogP contribution is 2.35. The van der Waals surface area contributed by atoms with Gasteiger partial charge in [0.2, 0.25) is 0 Å². The number of ether oxygens (including phenoxy) is 1. The molecule has 14 heteroatoms. The van der Waals surface area contributed by atoms with E-state index in [1.165, 1.54) is 16.7 Å². The Bertz CT molecular complexity index is 1750. The highest BCUT2D eigenvalue weighted by atomic mass is 19.4. The summed E-state index contributed by atoms with van der Waals surface area (Å²) in [6.45, 7) is 8.25. The van der Waals surface area contributed by atoms with Gasteiger partial charge in [0.05, 0.1) is 11.4 Å². The molecule has 2 aromatic carbocycles. The lowest BCUT2D eigenvalue weighted by Gasteiger charge is -2.20. The molecule has 47 heavy (non-hydrogen) atoms. The number of nitrogens with zero attached hydrogens (tertiary/aromatic N) is 2. The molecule has 0 unspecified atom stereocenters. The summed E-state index contributed by atoms with van der Waals surface area (Å²) in [6.07, 6.45) is 1.22. The van der Waals surface area contributed by atoms with Crippen molar-refractivity contribution < 1.29 is 22.3 Å². The normalized spacial score (nSPS) is 13.7. The Labute approximate surface area is 269 Å². The van der Waals surface area contributed by atoms with E-state index in [1.54, 1.807) is 24.4 Å². The number of halogens is 4. The van der Waals surface area contributed by atoms with Crippen LogP contribution in [0.5, 0.6) is 5.75 Å². The van der Waals surface area contributed by atoms with Crippen molar-refractivity contribution in [3.05, 3.63) is 88.7 Å². The summed E-state index contributed by atoms with van der Waals surface area (Å²) in [6, 6.07) is 11.3. The number of hydrogen-bond acceptors (Lipinski definition) is 6. The number of benzene rings is 2. The minimum Gasteiger partial charge on any atom is -0.403 e. The van der Waals surface area contributed by atoms with Crippen LogP contribution >= 0.6 is 0 Å². The summed E-state index contributed by atoms with van der Waals surface area (Å²) < 4.78 is 60.0. The Balaban J connectivity index is 1.56. The minimum absolute atomic E-state index is 0.00345. The van der Waals surface area contributed by atoms with E-state index in [2.05, 4.69) is 31.9 Å². The lowest BCUT2D eigenvalue weighted by atomic mass is 10.0. The van der Waals surface area contributed by atoms with Gasteiger partial charge in [-0.25, -0.2) is 9.18 Å². The largest absolute Gasteiger partial charge is 0.573 e. The van der Waals surface area contributed by atoms with Crippen LogP contribution < -0.4 is 32.5 Å². The molecular weight excluding hydrogens is 616 g/mol. The Morgan fingerprint density at radius 1 is 1.19 bits per heavy atom. The van der Waals surface area contributed by atoms with Crippen LogP contribution in [0.15, 0.2) is 66.1 Å². The third-order valence-electron chi connectivity index (χ3n) is 7.67. The highest BCUT2D eigenvalue weighted by Gasteiger charge is 2.33. The first-order valence-corrected chi connectivity index (χ1v) is 15.3. The van der Waals surface area contributed by atoms with Gasteiger partial charge in [0, 0.05) is 35.3 Å². The van der Waals surface area contributed by atoms with Gasteiger partial charge in [0.15, 0.2) is 17.5 Å². The SMILES string of the molecule is C=CC[C@H](CCN[C@@H](C)c1ccc(-n2cc3cc(-c4cc(CCC[C@H](C)N)cc(OC(F)(F)F)c4F)[nH]c3nc2=O)cc1)NC(=N)N. The van der Waals surface area contributed by atoms with E-state index in [4.69, 9.17) is 16.9 Å². The number of H-pyrrole nitrogens is 1. The molecule has 0 spiro atoms. The van der Waals surface area contributed by atoms with Crippen LogP contribution in [0.2, 0.25) is 0 Å². The van der Waals surface area contributed by atoms with Gasteiger partial charge in [0.25, 0.3) is 0 Å². The van der Waals surface area contributed by atoms with Gasteiger partial charge in [-0.2, -0.15) is 4.98 Å². The van der Waals surface area contributed by atoms with E-state index < -0.39 is 23.6 Å². The smallest absolute Gasteiger partial charge is 0.403 e. The fraction of sp³-hybridized carbons (Fsp3) is 0.364. The number of fused-ring (bicyclic) bond motifs is 1. The number of alkyl halides is 3. The molecule has 0 amide bonds. The second-order valence-electron chi connectivity index (χ2n) is 11.6. The molecule has 0 aliphatic heterocycles. The standard InChI is InChI=1S/C33H40F4N8O2/c1-4-6-24(42-31(39)40)13-14-41-20(3)22-9-11-25(12-10-22)45-18-23-17-27(43-30(23)44-32(45)46)26-15-21(8-5-7-19(2)38)16-28(29(26)34)47-33(35,36)37/h4,9-12,15-20,24,41H,1,5-8,13-14,38H2,2-3H3,(H4,39,40,42)(H,43,44,46)/t19-,20-,24+/m0/s1. The summed E-state index contributed by atoms with van der Waals surface area (Å²) in [5.74, 6) is -2.22. The maximum absolute atomic E-state index is 15.4. The van der Waals surface area contributed by atoms with Gasteiger partial charge in [0.1, 0.15) is 5.65 Å². The Morgan fingerprint density at radius 3 is 2.55 bits per heavy atom. The van der Waals surface area contributed by atoms with Crippen LogP contribution in [0.25, 0.3) is 28.0 Å². The molecule has 0 radical (unpaired) electrons. The maximum atomic E-state index is 15.4. The average Bonchev–Trinajstić information content (AvgIpc) is 3.39. The Kier molecular flexibility index (Phi) is 11.4. The Hall–Kier alpha value is -4.69. The van der Waals surface area contributed by atoms with E-state index in [1.807, 2.05) is 26.0 Å². The molecule has 0 fully saturated rings. The first-order chi connectivity index (χ1) is 22.2. The summed E-state index contributed by atoms with van der Waals surface area (Å²) in [5, 5.41) is 14.3. The summed E-state index contributed by atoms with van der Waals surface area (Å²) in [5.41, 5.74) is 12.8. The van der Waals surface area contributed by atoms with Crippen molar-refractivity contribution >= 4 is 17.0 Å². The van der Waals surface area contributed by atoms with Gasteiger partial charge >= 0.3 is 12.1 Å². The summed E-state index contributed by atoms with van der Waals surface area (Å²) >= 11 is 0. The number of aromatic nitrogens is 3. The number of nitrogens with two attached hydrogens (primary N) is 2. The van der Waals surface area contributed by atoms with Crippen molar-refractivity contribution in [2.24, 2.45) is 11.5 Å². The van der Waals surface area contributed by atoms with Crippen LogP contribution in [0.4, 0.5) is 17.6 Å². The van der Waals surface area contributed by atoms with Crippen molar-refractivity contribution in [1.82, 2.24) is 25.2 Å². The number of aryl methyl sites for hydroxylation is 1. The summed E-state index contributed by atoms with van der Waals surface area (Å²) in [4.78, 5) is 20.0. The molecule has 8 N–H and O–H groups in total. The maximum Gasteiger partial charge on any atom is 0.573 e. The molecule has 2 heterocycles. The van der Waals surface area contributed by atoms with Crippen molar-refractivity contribution in [1.29, 1.82) is 5.41 Å². The van der Waals surface area contributed by atoms with Crippen molar-refractivity contribution in [2.45, 2.75) is 70.4 Å². The number of nitrogens with one attached hydrogen (secondary N) is 4. The minimum atomic E-state index is -5.08. The van der Waals surface area contributed by atoms with E-state index in [0.29, 0.717) is 48.9 Å². The van der Waals surface area contributed by atoms with Crippen molar-refractivity contribution in [3.63, 3.8) is 0 Å². The predicted molar refractivity (Wildman–Crippen MR) is 175 cm³/mol. The topological polar surface area (TPSA) is 160 Å². The quantitative estimate of drug-likeness (QED) is 0.0423. The van der Waals surface area contributed by atoms with E-state index in [0.717, 1.165) is 18.1 Å². The zero-order chi connectivity index (χ0) is 34.3. The average molecular weight is 657 g/mol. The predicted octanol–water partition coefficient (Wildman–Crippen LogP) is 5.56. The third kappa shape index (κ3) is 9.66. The zero-order valence-electron chi connectivity index (χ0n) is 26.3. The fourth-order valence-corrected chi connectivity index (χ4v) is 5.33. The van der Waals surface area contributed by atoms with E-state index >= 15 is 4.39 Å². The highest BCUT2D eigenvalue weighted by molar-refractivity contribution is 5.83. The van der Waals surface area contributed by atoms with E-state index in [-0.39, 0.29) is 41.0 Å². The molecule has 0 saturated heterocycles. The van der Waals surface area contributed by atoms with Crippen LogP contribution in [-0.2, 0) is 6.42 Å². The molecule has 10 nitrogen and oxygen atoms in total. The van der Waals surface area contributed by atoms with Crippen LogP contribution in [0.3, 0.4) is 0 Å². The van der Waals surface area contributed by atoms with Crippen molar-refractivity contribution in [2.75, 3.05) is 6.54 Å². The van der Waals surface area contributed by atoms with Crippen molar-refractivity contribution in [3.8, 4) is 22.7 Å². The molecule has 4 aromatic rings. The number of guanidine groups is 1. The Morgan fingerprint density at radius 2 is 1.91 bits per heavy atom. The molecule has 0 aliphatic carbocycles. The number of rotatable bonds is 15. The zero-order valence-corrected chi connectivity index (χ0v) is 26.3. The summed E-state index contributed by atoms with van der Waals surface area (Å²) in [7, 11) is 0. The van der Waals surface area contributed by atoms with Gasteiger partial charge in [-0.15, -0.1) is 19.8 Å². The molecule has 2 aromatic heterocycles. The van der Waals surface area contributed by atoms with Gasteiger partial charge in [-0.3, -0.25) is 9.98 Å². The molecule has 3 atom stereocenters. The first kappa shape index (κ1) is 35.2. The van der Waals surface area contributed by atoms with Crippen LogP contribution in [0.1, 0.15) is 56.7 Å². The second kappa shape index (κ2) is 15.3. The van der Waals surface area contributed by atoms with Crippen LogP contribution in [0, 0.1) is 11.2 Å². The second-order valence-corrected chi connectivity index (χ2v) is 11.6. The molecule has 4 rings (SSSR count). The van der Waals surface area contributed by atoms with Gasteiger partial charge < -0.3 is 31.8 Å². The molecule has 0 bridgehead atoms. The fourth-order valence-electron chi connectivity index (χ4n) is 5.33. The lowest BCUT2D eigenvalue weighted by molar-refractivity contribution is -0.275. The van der Waals surface area contributed by atoms with Gasteiger partial charge in [-0.05, 0) is 94.0 Å². The van der Waals surface area contributed by atoms with Crippen LogP contribution in [-0.4, -0.2) is 45.5 Å². The molecule has 252 valence electrons. The third-order valence-corrected chi connectivity index (χ3v) is 7.67. The molecule has 0 saturated carbocycles.